The van der Waals surface area contributed by atoms with Crippen LogP contribution in [0.5, 0.6) is 0 Å². The van der Waals surface area contributed by atoms with Crippen molar-refractivity contribution in [1.29, 1.82) is 0 Å². The van der Waals surface area contributed by atoms with Crippen LogP contribution in [0.4, 0.5) is 24.5 Å². The third kappa shape index (κ3) is 14.0. The van der Waals surface area contributed by atoms with Gasteiger partial charge in [0.2, 0.25) is 5.41 Å². The van der Waals surface area contributed by atoms with Crippen LogP contribution >= 0.6 is 0 Å². The first-order valence-electron chi connectivity index (χ1n) is 21.7. The Morgan fingerprint density at radius 3 is 1.73 bits per heavy atom. The first-order valence-corrected chi connectivity index (χ1v) is 21.7. The smallest absolute Gasteiger partial charge is 0.416 e. The summed E-state index contributed by atoms with van der Waals surface area (Å²) in [6, 6.07) is 28.7. The zero-order valence-corrected chi connectivity index (χ0v) is 39.8. The van der Waals surface area contributed by atoms with E-state index in [9.17, 15) is 46.7 Å². The maximum atomic E-state index is 13.6. The van der Waals surface area contributed by atoms with Crippen molar-refractivity contribution >= 4 is 53.0 Å². The zero-order chi connectivity index (χ0) is 51.8. The third-order valence-electron chi connectivity index (χ3n) is 10.8. The Kier molecular flexibility index (Phi) is 19.4. The molecule has 0 aliphatic carbocycles. The van der Waals surface area contributed by atoms with E-state index >= 15 is 0 Å². The van der Waals surface area contributed by atoms with Gasteiger partial charge >= 0.3 is 30.1 Å². The number of halogens is 3. The van der Waals surface area contributed by atoms with Gasteiger partial charge in [0.05, 0.1) is 43.2 Å². The number of hydrogen-bond donors (Lipinski definition) is 2. The summed E-state index contributed by atoms with van der Waals surface area (Å²) in [7, 11) is 8.86. The van der Waals surface area contributed by atoms with Gasteiger partial charge in [0.15, 0.2) is 0 Å². The van der Waals surface area contributed by atoms with E-state index < -0.39 is 53.5 Å². The van der Waals surface area contributed by atoms with E-state index in [-0.39, 0.29) is 60.1 Å². The predicted octanol–water partition coefficient (Wildman–Crippen LogP) is 7.55. The number of esters is 4. The number of nitrogen functional groups attached to an aromatic ring is 1. The third-order valence-corrected chi connectivity index (χ3v) is 10.8. The average Bonchev–Trinajstić information content (AvgIpc) is 3.35. The lowest BCUT2D eigenvalue weighted by Crippen LogP contribution is -2.50. The second-order valence-corrected chi connectivity index (χ2v) is 16.0. The molecule has 0 spiro atoms. The fourth-order valence-corrected chi connectivity index (χ4v) is 6.95. The van der Waals surface area contributed by atoms with E-state index in [1.807, 2.05) is 6.07 Å². The van der Waals surface area contributed by atoms with Crippen molar-refractivity contribution in [2.24, 2.45) is 0 Å². The summed E-state index contributed by atoms with van der Waals surface area (Å²) < 4.78 is 59.5. The van der Waals surface area contributed by atoms with Gasteiger partial charge < -0.3 is 39.8 Å². The van der Waals surface area contributed by atoms with E-state index in [1.165, 1.54) is 73.5 Å². The molecule has 0 saturated heterocycles. The lowest BCUT2D eigenvalue weighted by Gasteiger charge is -2.28. The second-order valence-electron chi connectivity index (χ2n) is 16.0. The van der Waals surface area contributed by atoms with Crippen molar-refractivity contribution in [2.45, 2.75) is 44.2 Å². The van der Waals surface area contributed by atoms with Crippen molar-refractivity contribution in [3.8, 4) is 11.1 Å². The highest BCUT2D eigenvalue weighted by Gasteiger charge is 2.52. The van der Waals surface area contributed by atoms with Gasteiger partial charge in [-0.05, 0) is 90.0 Å². The Morgan fingerprint density at radius 2 is 1.16 bits per heavy atom. The molecule has 1 unspecified atom stereocenters. The van der Waals surface area contributed by atoms with Crippen LogP contribution in [-0.2, 0) is 62.6 Å². The van der Waals surface area contributed by atoms with E-state index in [0.29, 0.717) is 34.4 Å². The molecule has 70 heavy (non-hydrogen) atoms. The molecule has 0 saturated carbocycles. The van der Waals surface area contributed by atoms with Crippen LogP contribution in [0.3, 0.4) is 0 Å². The van der Waals surface area contributed by atoms with Crippen LogP contribution in [0.2, 0.25) is 0 Å². The summed E-state index contributed by atoms with van der Waals surface area (Å²) >= 11 is 0. The molecule has 0 heterocycles. The second kappa shape index (κ2) is 24.8. The van der Waals surface area contributed by atoms with Gasteiger partial charge in [-0.25, -0.2) is 0 Å². The molecular weight excluding hydrogens is 914 g/mol. The highest BCUT2D eigenvalue weighted by molar-refractivity contribution is 6.12. The molecule has 5 aromatic carbocycles. The maximum Gasteiger partial charge on any atom is 0.416 e. The molecule has 5 aromatic rings. The minimum atomic E-state index is -4.51. The summed E-state index contributed by atoms with van der Waals surface area (Å²) in [6.45, 7) is 0.865. The number of aryl methyl sites for hydroxylation is 2. The molecule has 0 aliphatic rings. The van der Waals surface area contributed by atoms with E-state index in [1.54, 1.807) is 75.6 Å². The molecule has 3 N–H and O–H groups in total. The highest BCUT2D eigenvalue weighted by atomic mass is 19.4. The first kappa shape index (κ1) is 54.6. The van der Waals surface area contributed by atoms with Crippen LogP contribution in [0.25, 0.3) is 11.1 Å². The lowest BCUT2D eigenvalue weighted by atomic mass is 9.81. The van der Waals surface area contributed by atoms with Crippen molar-refractivity contribution in [2.75, 3.05) is 66.7 Å². The van der Waals surface area contributed by atoms with Gasteiger partial charge in [-0.3, -0.25) is 33.6 Å². The molecule has 0 bridgehead atoms. The number of rotatable bonds is 17. The number of alkyl halides is 3. The fraction of sp³-hybridized carbons (Fsp3) is 0.288. The van der Waals surface area contributed by atoms with Gasteiger partial charge in [-0.2, -0.15) is 13.2 Å². The van der Waals surface area contributed by atoms with Gasteiger partial charge in [0.25, 0.3) is 17.7 Å². The monoisotopic (exact) mass is 968 g/mol. The summed E-state index contributed by atoms with van der Waals surface area (Å²) in [5.41, 5.74) is 6.66. The van der Waals surface area contributed by atoms with Crippen LogP contribution in [0, 0.1) is 0 Å². The predicted molar refractivity (Wildman–Crippen MR) is 255 cm³/mol. The molecule has 0 aromatic heterocycles. The lowest BCUT2D eigenvalue weighted by molar-refractivity contribution is -0.169. The number of carbonyl (C=O) groups excluding carboxylic acids is 7. The van der Waals surface area contributed by atoms with Gasteiger partial charge in [0.1, 0.15) is 6.61 Å². The number of anilines is 2. The SMILES string of the molecule is CCOC(=O)C(COC(=O)CCc1ccc(NC(=O)c2ccccc2-c2ccc(C(F)(F)F)cc2)c(C(=O)N(C)C)c1)(C(=O)OC)c1ccccc1.COC(=O)CCc1ccc(N)c(C(=O)N(C)C)c1. The topological polar surface area (TPSA) is 201 Å². The van der Waals surface area contributed by atoms with Crippen molar-refractivity contribution in [1.82, 2.24) is 9.80 Å². The Bertz CT molecular complexity index is 2670. The molecule has 370 valence electrons. The molecule has 0 fully saturated rings. The van der Waals surface area contributed by atoms with Crippen molar-refractivity contribution in [3.05, 3.63) is 154 Å². The van der Waals surface area contributed by atoms with Crippen LogP contribution < -0.4 is 11.1 Å². The molecule has 5 rings (SSSR count). The Labute approximate surface area is 403 Å². The van der Waals surface area contributed by atoms with Gasteiger partial charge in [0, 0.05) is 52.3 Å². The standard InChI is InChI=1S/C39H37F3N2O8.C13H18N2O3/c1-5-51-37(49)38(36(48)50-4,27-11-7-6-8-12-27)24-52-33(45)22-16-25-15-21-32(31(23-25)35(47)44(2)3)43-34(46)30-14-10-9-13-29(30)26-17-19-28(20-18-26)39(40,41)42;1-15(2)13(17)10-8-9(4-6-11(10)14)5-7-12(16)18-3/h6-15,17-21,23H,5,16,22,24H2,1-4H3,(H,43,46);4,6,8H,5,7,14H2,1-3H3. The molecular formula is C52H55F3N4O11. The first-order chi connectivity index (χ1) is 33.2. The molecule has 3 amide bonds. The van der Waals surface area contributed by atoms with Crippen molar-refractivity contribution < 1.29 is 65.7 Å². The zero-order valence-electron chi connectivity index (χ0n) is 39.8. The number of methoxy groups -OCH3 is 2. The number of nitrogens with two attached hydrogens (primary N) is 1. The number of carbonyl (C=O) groups is 7. The molecule has 15 nitrogen and oxygen atoms in total. The summed E-state index contributed by atoms with van der Waals surface area (Å²) in [6.07, 6.45) is -3.80. The number of benzene rings is 5. The average molecular weight is 969 g/mol. The number of ether oxygens (including phenoxy) is 4. The van der Waals surface area contributed by atoms with Gasteiger partial charge in [-0.15, -0.1) is 0 Å². The van der Waals surface area contributed by atoms with E-state index in [0.717, 1.165) is 24.8 Å². The summed E-state index contributed by atoms with van der Waals surface area (Å²) in [4.78, 5) is 91.6. The highest BCUT2D eigenvalue weighted by Crippen LogP contribution is 2.33. The van der Waals surface area contributed by atoms with Crippen LogP contribution in [0.1, 0.15) is 73.1 Å². The maximum absolute atomic E-state index is 13.6. The van der Waals surface area contributed by atoms with Crippen LogP contribution in [0.15, 0.2) is 115 Å². The minimum absolute atomic E-state index is 0.0333. The van der Waals surface area contributed by atoms with Crippen molar-refractivity contribution in [3.63, 3.8) is 0 Å². The van der Waals surface area contributed by atoms with E-state index in [4.69, 9.17) is 19.9 Å². The minimum Gasteiger partial charge on any atom is -0.469 e. The number of amides is 3. The Balaban J connectivity index is 0.000000497. The number of nitrogens with zero attached hydrogens (tertiary/aromatic N) is 2. The Morgan fingerprint density at radius 1 is 0.600 bits per heavy atom. The molecule has 0 aliphatic heterocycles. The molecule has 18 heteroatoms. The normalized spacial score (nSPS) is 11.6. The number of nitrogens with one attached hydrogen (secondary N) is 1. The summed E-state index contributed by atoms with van der Waals surface area (Å²) in [5.74, 6) is -4.11. The van der Waals surface area contributed by atoms with Gasteiger partial charge in [-0.1, -0.05) is 72.8 Å². The largest absolute Gasteiger partial charge is 0.469 e. The Hall–Kier alpha value is -8.02. The van der Waals surface area contributed by atoms with Crippen LogP contribution in [-0.4, -0.2) is 107 Å². The molecule has 0 radical (unpaired) electrons. The summed E-state index contributed by atoms with van der Waals surface area (Å²) in [5, 5.41) is 2.74. The molecule has 1 atom stereocenters. The fourth-order valence-electron chi connectivity index (χ4n) is 6.95. The number of hydrogen-bond acceptors (Lipinski definition) is 12. The quantitative estimate of drug-likeness (QED) is 0.0402. The van der Waals surface area contributed by atoms with E-state index in [2.05, 4.69) is 10.1 Å².